The first-order valence-corrected chi connectivity index (χ1v) is 10.4. The number of para-hydroxylation sites is 1. The minimum atomic E-state index is -0.271. The molecule has 6 nitrogen and oxygen atoms in total. The van der Waals surface area contributed by atoms with Crippen molar-refractivity contribution >= 4 is 17.5 Å². The van der Waals surface area contributed by atoms with Gasteiger partial charge in [-0.15, -0.1) is 0 Å². The molecule has 2 amide bonds. The van der Waals surface area contributed by atoms with Gasteiger partial charge in [-0.2, -0.15) is 5.10 Å². The van der Waals surface area contributed by atoms with Crippen LogP contribution in [0.25, 0.3) is 0 Å². The average Bonchev–Trinajstić information content (AvgIpc) is 3.33. The van der Waals surface area contributed by atoms with E-state index in [-0.39, 0.29) is 17.9 Å². The lowest BCUT2D eigenvalue weighted by atomic mass is 10.1. The molecule has 0 bridgehead atoms. The summed E-state index contributed by atoms with van der Waals surface area (Å²) in [7, 11) is 0. The van der Waals surface area contributed by atoms with E-state index in [0.29, 0.717) is 23.4 Å². The average molecular weight is 425 g/mol. The Morgan fingerprint density at radius 2 is 1.59 bits per heavy atom. The fraction of sp³-hybridized carbons (Fsp3) is 0.115. The quantitative estimate of drug-likeness (QED) is 0.452. The van der Waals surface area contributed by atoms with E-state index >= 15 is 0 Å². The van der Waals surface area contributed by atoms with E-state index < -0.39 is 0 Å². The number of amides is 2. The maximum absolute atomic E-state index is 12.9. The summed E-state index contributed by atoms with van der Waals surface area (Å²) in [6.07, 6.45) is 3.62. The highest BCUT2D eigenvalue weighted by atomic mass is 16.2. The van der Waals surface area contributed by atoms with Gasteiger partial charge in [-0.3, -0.25) is 14.3 Å². The van der Waals surface area contributed by atoms with Crippen LogP contribution in [0.2, 0.25) is 0 Å². The van der Waals surface area contributed by atoms with Gasteiger partial charge in [0, 0.05) is 18.0 Å². The Kier molecular flexibility index (Phi) is 6.41. The van der Waals surface area contributed by atoms with E-state index in [0.717, 1.165) is 11.1 Å². The van der Waals surface area contributed by atoms with Crippen LogP contribution in [0.15, 0.2) is 97.3 Å². The first kappa shape index (κ1) is 21.1. The molecule has 1 unspecified atom stereocenters. The molecule has 0 saturated carbocycles. The van der Waals surface area contributed by atoms with Crippen LogP contribution < -0.4 is 10.6 Å². The third kappa shape index (κ3) is 5.10. The van der Waals surface area contributed by atoms with Gasteiger partial charge >= 0.3 is 0 Å². The Morgan fingerprint density at radius 1 is 0.875 bits per heavy atom. The highest BCUT2D eigenvalue weighted by molar-refractivity contribution is 6.09. The highest BCUT2D eigenvalue weighted by Crippen LogP contribution is 2.19. The Bertz CT molecular complexity index is 1190. The van der Waals surface area contributed by atoms with E-state index in [2.05, 4.69) is 15.7 Å². The van der Waals surface area contributed by atoms with Crippen LogP contribution in [-0.2, 0) is 6.54 Å². The van der Waals surface area contributed by atoms with Gasteiger partial charge in [0.2, 0.25) is 0 Å². The van der Waals surface area contributed by atoms with Crippen molar-refractivity contribution in [1.82, 2.24) is 15.1 Å². The van der Waals surface area contributed by atoms with Crippen molar-refractivity contribution in [3.8, 4) is 0 Å². The molecule has 2 N–H and O–H groups in total. The van der Waals surface area contributed by atoms with Crippen LogP contribution in [0.1, 0.15) is 44.8 Å². The van der Waals surface area contributed by atoms with Crippen molar-refractivity contribution < 1.29 is 9.59 Å². The zero-order valence-corrected chi connectivity index (χ0v) is 17.7. The number of nitrogens with one attached hydrogen (secondary N) is 2. The molecule has 0 radical (unpaired) electrons. The number of nitrogens with zero attached hydrogens (tertiary/aromatic N) is 2. The molecule has 1 heterocycles. The third-order valence-electron chi connectivity index (χ3n) is 5.19. The molecular formula is C26H24N4O2. The molecule has 0 spiro atoms. The zero-order valence-electron chi connectivity index (χ0n) is 17.7. The predicted octanol–water partition coefficient (Wildman–Crippen LogP) is 4.67. The van der Waals surface area contributed by atoms with Crippen LogP contribution in [0.3, 0.4) is 0 Å². The van der Waals surface area contributed by atoms with Crippen LogP contribution in [0, 0.1) is 0 Å². The Labute approximate surface area is 186 Å². The molecule has 0 fully saturated rings. The number of rotatable bonds is 7. The minimum absolute atomic E-state index is 0.158. The maximum Gasteiger partial charge on any atom is 0.255 e. The number of benzene rings is 3. The van der Waals surface area contributed by atoms with Gasteiger partial charge in [0.1, 0.15) is 0 Å². The summed E-state index contributed by atoms with van der Waals surface area (Å²) >= 11 is 0. The van der Waals surface area contributed by atoms with Crippen LogP contribution in [-0.4, -0.2) is 21.6 Å². The fourth-order valence-electron chi connectivity index (χ4n) is 3.43. The van der Waals surface area contributed by atoms with Crippen molar-refractivity contribution in [2.24, 2.45) is 0 Å². The Balaban J connectivity index is 1.44. The highest BCUT2D eigenvalue weighted by Gasteiger charge is 2.16. The van der Waals surface area contributed by atoms with E-state index in [1.54, 1.807) is 42.6 Å². The first-order chi connectivity index (χ1) is 15.6. The Hall–Kier alpha value is -4.19. The molecule has 0 aliphatic rings. The van der Waals surface area contributed by atoms with Crippen molar-refractivity contribution in [2.75, 3.05) is 5.32 Å². The van der Waals surface area contributed by atoms with Gasteiger partial charge in [0.15, 0.2) is 0 Å². The van der Waals surface area contributed by atoms with Crippen molar-refractivity contribution in [1.29, 1.82) is 0 Å². The second kappa shape index (κ2) is 9.75. The molecule has 0 saturated heterocycles. The number of carbonyl (C=O) groups excluding carboxylic acids is 2. The number of aromatic nitrogens is 2. The molecule has 4 rings (SSSR count). The smallest absolute Gasteiger partial charge is 0.255 e. The summed E-state index contributed by atoms with van der Waals surface area (Å²) in [5.41, 5.74) is 3.45. The topological polar surface area (TPSA) is 76.0 Å². The summed E-state index contributed by atoms with van der Waals surface area (Å²) in [5.74, 6) is -0.515. The number of hydrogen-bond donors (Lipinski definition) is 2. The minimum Gasteiger partial charge on any atom is -0.345 e. The summed E-state index contributed by atoms with van der Waals surface area (Å²) < 4.78 is 1.82. The molecular weight excluding hydrogens is 400 g/mol. The molecule has 6 heteroatoms. The first-order valence-electron chi connectivity index (χ1n) is 10.4. The molecule has 160 valence electrons. The lowest BCUT2D eigenvalue weighted by Gasteiger charge is -2.16. The van der Waals surface area contributed by atoms with E-state index in [4.69, 9.17) is 0 Å². The second-order valence-corrected chi connectivity index (χ2v) is 7.51. The van der Waals surface area contributed by atoms with Gasteiger partial charge < -0.3 is 10.6 Å². The predicted molar refractivity (Wildman–Crippen MR) is 124 cm³/mol. The molecule has 0 aliphatic heterocycles. The van der Waals surface area contributed by atoms with Gasteiger partial charge in [-0.1, -0.05) is 54.6 Å². The van der Waals surface area contributed by atoms with Gasteiger partial charge in [0.05, 0.1) is 23.8 Å². The number of carbonyl (C=O) groups is 2. The standard InChI is InChI=1S/C26H24N4O2/c1-19(21-8-3-2-4-9-21)28-26(32)23-10-5-6-11-24(23)29-25(31)22-14-12-20(13-15-22)18-30-17-7-16-27-30/h2-17,19H,18H2,1H3,(H,28,32)(H,29,31). The lowest BCUT2D eigenvalue weighted by Crippen LogP contribution is -2.28. The number of anilines is 1. The van der Waals surface area contributed by atoms with Gasteiger partial charge in [-0.05, 0) is 48.4 Å². The fourth-order valence-corrected chi connectivity index (χ4v) is 3.43. The van der Waals surface area contributed by atoms with Crippen molar-refractivity contribution in [2.45, 2.75) is 19.5 Å². The van der Waals surface area contributed by atoms with Crippen LogP contribution in [0.4, 0.5) is 5.69 Å². The summed E-state index contributed by atoms with van der Waals surface area (Å²) in [6.45, 7) is 2.57. The molecule has 1 aromatic heterocycles. The molecule has 1 atom stereocenters. The largest absolute Gasteiger partial charge is 0.345 e. The van der Waals surface area contributed by atoms with E-state index in [1.165, 1.54) is 0 Å². The maximum atomic E-state index is 12.9. The monoisotopic (exact) mass is 424 g/mol. The van der Waals surface area contributed by atoms with Crippen molar-refractivity contribution in [3.63, 3.8) is 0 Å². The number of hydrogen-bond acceptors (Lipinski definition) is 3. The van der Waals surface area contributed by atoms with Crippen molar-refractivity contribution in [3.05, 3.63) is 120 Å². The third-order valence-corrected chi connectivity index (χ3v) is 5.19. The molecule has 3 aromatic carbocycles. The van der Waals surface area contributed by atoms with Crippen LogP contribution >= 0.6 is 0 Å². The normalized spacial score (nSPS) is 11.5. The van der Waals surface area contributed by atoms with Crippen LogP contribution in [0.5, 0.6) is 0 Å². The summed E-state index contributed by atoms with van der Waals surface area (Å²) in [6, 6.07) is 25.8. The Morgan fingerprint density at radius 3 is 2.31 bits per heavy atom. The summed E-state index contributed by atoms with van der Waals surface area (Å²) in [4.78, 5) is 25.7. The van der Waals surface area contributed by atoms with E-state index in [9.17, 15) is 9.59 Å². The lowest BCUT2D eigenvalue weighted by molar-refractivity contribution is 0.0941. The zero-order chi connectivity index (χ0) is 22.3. The second-order valence-electron chi connectivity index (χ2n) is 7.51. The SMILES string of the molecule is CC(NC(=O)c1ccccc1NC(=O)c1ccc(Cn2cccn2)cc1)c1ccccc1. The summed E-state index contributed by atoms with van der Waals surface area (Å²) in [5, 5.41) is 10.1. The van der Waals surface area contributed by atoms with Gasteiger partial charge in [0.25, 0.3) is 11.8 Å². The van der Waals surface area contributed by atoms with E-state index in [1.807, 2.05) is 66.3 Å². The van der Waals surface area contributed by atoms with Gasteiger partial charge in [-0.25, -0.2) is 0 Å². The molecule has 32 heavy (non-hydrogen) atoms. The molecule has 0 aliphatic carbocycles. The molecule has 4 aromatic rings.